The van der Waals surface area contributed by atoms with Crippen molar-refractivity contribution in [3.05, 3.63) is 255 Å². The van der Waals surface area contributed by atoms with Crippen LogP contribution in [0.4, 0.5) is 22.7 Å². The maximum atomic E-state index is 4.31. The van der Waals surface area contributed by atoms with Gasteiger partial charge in [0.1, 0.15) is 0 Å². The zero-order chi connectivity index (χ0) is 41.3. The van der Waals surface area contributed by atoms with Crippen LogP contribution in [0, 0.1) is 0 Å². The Morgan fingerprint density at radius 3 is 1.28 bits per heavy atom. The van der Waals surface area contributed by atoms with Gasteiger partial charge in [0.15, 0.2) is 0 Å². The van der Waals surface area contributed by atoms with E-state index >= 15 is 0 Å². The first-order valence-electron chi connectivity index (χ1n) is 20.4. The number of hydrogen-bond acceptors (Lipinski definition) is 2. The predicted molar refractivity (Wildman–Crippen MR) is 259 cm³/mol. The van der Waals surface area contributed by atoms with Crippen LogP contribution in [0.2, 0.25) is 0 Å². The minimum absolute atomic E-state index is 0.899. The molecule has 0 amide bonds. The average Bonchev–Trinajstić information content (AvgIpc) is 3.31. The second kappa shape index (κ2) is 18.3. The lowest BCUT2D eigenvalue weighted by atomic mass is 9.91. The van der Waals surface area contributed by atoms with E-state index in [0.717, 1.165) is 45.3 Å². The van der Waals surface area contributed by atoms with Gasteiger partial charge in [-0.15, -0.1) is 0 Å². The Hall–Kier alpha value is -7.68. The molecule has 0 unspecified atom stereocenters. The first-order chi connectivity index (χ1) is 29.5. The minimum Gasteiger partial charge on any atom is -0.315 e. The summed E-state index contributed by atoms with van der Waals surface area (Å²) in [4.78, 5) is 4.46. The Morgan fingerprint density at radius 1 is 0.417 bits per heavy atom. The van der Waals surface area contributed by atoms with Gasteiger partial charge in [-0.25, -0.2) is 0 Å². The van der Waals surface area contributed by atoms with E-state index in [0.29, 0.717) is 0 Å². The van der Waals surface area contributed by atoms with E-state index in [2.05, 4.69) is 236 Å². The molecule has 0 bridgehead atoms. The number of hydrogen-bond donors (Lipinski definition) is 0. The van der Waals surface area contributed by atoms with Crippen LogP contribution in [0.5, 0.6) is 0 Å². The van der Waals surface area contributed by atoms with Gasteiger partial charge in [0.25, 0.3) is 0 Å². The number of nitrogens with zero attached hydrogens (tertiary/aromatic N) is 2. The highest BCUT2D eigenvalue weighted by Gasteiger charge is 2.15. The third kappa shape index (κ3) is 8.60. The molecule has 2 nitrogen and oxygen atoms in total. The Bertz CT molecular complexity index is 2780. The van der Waals surface area contributed by atoms with Gasteiger partial charge in [0.2, 0.25) is 0 Å². The smallest absolute Gasteiger partial charge is 0.0462 e. The van der Waals surface area contributed by atoms with Gasteiger partial charge >= 0.3 is 0 Å². The quantitative estimate of drug-likeness (QED) is 0.108. The second-order valence-corrected chi connectivity index (χ2v) is 14.8. The maximum absolute atomic E-state index is 4.31. The summed E-state index contributed by atoms with van der Waals surface area (Å²) in [7, 11) is 0. The van der Waals surface area contributed by atoms with Gasteiger partial charge < -0.3 is 9.80 Å². The Kier molecular flexibility index (Phi) is 11.9. The van der Waals surface area contributed by atoms with Gasteiger partial charge in [0.05, 0.1) is 0 Å². The minimum atomic E-state index is 0.899. The Labute approximate surface area is 355 Å². The molecule has 0 saturated heterocycles. The molecule has 0 N–H and O–H groups in total. The highest BCUT2D eigenvalue weighted by Crippen LogP contribution is 2.39. The van der Waals surface area contributed by atoms with Gasteiger partial charge in [-0.2, -0.15) is 0 Å². The summed E-state index contributed by atoms with van der Waals surface area (Å²) in [5.41, 5.74) is 18.1. The van der Waals surface area contributed by atoms with Crippen LogP contribution >= 0.6 is 0 Å². The normalized spacial score (nSPS) is 11.3. The molecule has 0 aromatic heterocycles. The van der Waals surface area contributed by atoms with Crippen LogP contribution in [0.3, 0.4) is 0 Å². The molecule has 8 aromatic carbocycles. The fourth-order valence-corrected chi connectivity index (χ4v) is 7.89. The molecule has 0 heterocycles. The van der Waals surface area contributed by atoms with E-state index in [1.165, 1.54) is 44.5 Å². The van der Waals surface area contributed by atoms with Crippen molar-refractivity contribution in [3.8, 4) is 55.6 Å². The molecule has 290 valence electrons. The molecular formula is C58H48N2. The fourth-order valence-electron chi connectivity index (χ4n) is 7.89. The van der Waals surface area contributed by atoms with Crippen molar-refractivity contribution in [1.29, 1.82) is 0 Å². The molecule has 0 spiro atoms. The van der Waals surface area contributed by atoms with Crippen molar-refractivity contribution in [2.24, 2.45) is 0 Å². The van der Waals surface area contributed by atoms with E-state index in [9.17, 15) is 0 Å². The number of rotatable bonds is 13. The molecule has 0 radical (unpaired) electrons. The number of benzene rings is 8. The SMILES string of the molecule is C=C/C=C(\C)N(C(=C)/C=C\C)c1ccc(-c2cccc(-c3ccccc3-c3cccc(-c4ccc(N(c5ccccc5)c5ccc(-c6ccccc6)cc5)cc4)c3)c2)cc1. The summed E-state index contributed by atoms with van der Waals surface area (Å²) < 4.78 is 0. The van der Waals surface area contributed by atoms with Gasteiger partial charge in [-0.05, 0) is 142 Å². The van der Waals surface area contributed by atoms with E-state index in [4.69, 9.17) is 0 Å². The topological polar surface area (TPSA) is 6.48 Å². The third-order valence-corrected chi connectivity index (χ3v) is 10.8. The highest BCUT2D eigenvalue weighted by atomic mass is 15.1. The summed E-state index contributed by atoms with van der Waals surface area (Å²) in [6, 6.07) is 74.0. The standard InChI is InChI=1S/C58H48N2/c1-5-17-43(3)59(44(4)18-6-2)54-35-31-47(32-36-54)49-21-15-23-51(41-49)57-27-13-14-28-58(57)52-24-16-22-50(42-52)48-33-39-56(40-34-48)60(53-25-11-8-12-26-53)55-37-29-46(30-38-55)45-19-9-7-10-20-45/h5-42H,1,4H2,2-3H3/b18-6-,43-17+. The van der Waals surface area contributed by atoms with Gasteiger partial charge in [-0.3, -0.25) is 0 Å². The monoisotopic (exact) mass is 772 g/mol. The number of para-hydroxylation sites is 1. The van der Waals surface area contributed by atoms with Gasteiger partial charge in [-0.1, -0.05) is 171 Å². The number of allylic oxidation sites excluding steroid dienone is 5. The van der Waals surface area contributed by atoms with Crippen LogP contribution in [0.1, 0.15) is 13.8 Å². The van der Waals surface area contributed by atoms with E-state index in [1.807, 2.05) is 31.2 Å². The van der Waals surface area contributed by atoms with Crippen LogP contribution in [0.15, 0.2) is 255 Å². The average molecular weight is 773 g/mol. The molecule has 2 heteroatoms. The van der Waals surface area contributed by atoms with E-state index in [1.54, 1.807) is 0 Å². The van der Waals surface area contributed by atoms with Crippen molar-refractivity contribution in [2.45, 2.75) is 13.8 Å². The molecule has 8 rings (SSSR count). The van der Waals surface area contributed by atoms with Crippen molar-refractivity contribution in [2.75, 3.05) is 9.80 Å². The molecule has 0 aliphatic carbocycles. The lowest BCUT2D eigenvalue weighted by Crippen LogP contribution is -2.18. The van der Waals surface area contributed by atoms with Crippen molar-refractivity contribution < 1.29 is 0 Å². The van der Waals surface area contributed by atoms with Crippen LogP contribution in [-0.4, -0.2) is 0 Å². The first-order valence-corrected chi connectivity index (χ1v) is 20.4. The highest BCUT2D eigenvalue weighted by molar-refractivity contribution is 5.87. The fraction of sp³-hybridized carbons (Fsp3) is 0.0345. The molecule has 60 heavy (non-hydrogen) atoms. The zero-order valence-electron chi connectivity index (χ0n) is 34.2. The molecule has 8 aromatic rings. The van der Waals surface area contributed by atoms with E-state index in [-0.39, 0.29) is 0 Å². The summed E-state index contributed by atoms with van der Waals surface area (Å²) in [5.74, 6) is 0. The maximum Gasteiger partial charge on any atom is 0.0462 e. The lowest BCUT2D eigenvalue weighted by molar-refractivity contribution is 1.10. The molecule has 0 atom stereocenters. The molecule has 0 saturated carbocycles. The summed E-state index contributed by atoms with van der Waals surface area (Å²) in [6.07, 6.45) is 7.84. The molecular weight excluding hydrogens is 725 g/mol. The van der Waals surface area contributed by atoms with Crippen molar-refractivity contribution in [1.82, 2.24) is 0 Å². The molecule has 0 fully saturated rings. The van der Waals surface area contributed by atoms with Crippen LogP contribution in [-0.2, 0) is 0 Å². The first kappa shape index (κ1) is 39.2. The summed E-state index contributed by atoms with van der Waals surface area (Å²) in [6.45, 7) is 12.3. The third-order valence-electron chi connectivity index (χ3n) is 10.8. The summed E-state index contributed by atoms with van der Waals surface area (Å²) in [5, 5.41) is 0. The molecule has 0 aliphatic heterocycles. The Morgan fingerprint density at radius 2 is 0.800 bits per heavy atom. The summed E-state index contributed by atoms with van der Waals surface area (Å²) >= 11 is 0. The van der Waals surface area contributed by atoms with Crippen molar-refractivity contribution in [3.63, 3.8) is 0 Å². The lowest BCUT2D eigenvalue weighted by Gasteiger charge is -2.26. The van der Waals surface area contributed by atoms with Crippen LogP contribution in [0.25, 0.3) is 55.6 Å². The van der Waals surface area contributed by atoms with Crippen molar-refractivity contribution >= 4 is 22.7 Å². The predicted octanol–water partition coefficient (Wildman–Crippen LogP) is 16.5. The molecule has 0 aliphatic rings. The second-order valence-electron chi connectivity index (χ2n) is 14.8. The van der Waals surface area contributed by atoms with E-state index < -0.39 is 0 Å². The van der Waals surface area contributed by atoms with Gasteiger partial charge in [0, 0.05) is 34.1 Å². The Balaban J connectivity index is 1.07. The largest absolute Gasteiger partial charge is 0.315 e. The number of anilines is 4. The zero-order valence-corrected chi connectivity index (χ0v) is 34.2. The van der Waals surface area contributed by atoms with Crippen LogP contribution < -0.4 is 9.80 Å².